The van der Waals surface area contributed by atoms with Crippen LogP contribution in [-0.2, 0) is 27.3 Å². The van der Waals surface area contributed by atoms with Crippen LogP contribution >= 0.6 is 0 Å². The average Bonchev–Trinajstić information content (AvgIpc) is 2.72. The summed E-state index contributed by atoms with van der Waals surface area (Å²) in [6, 6.07) is -1.09. The first-order chi connectivity index (χ1) is 11.1. The lowest BCUT2D eigenvalue weighted by atomic mass is 10.1. The van der Waals surface area contributed by atoms with Crippen LogP contribution in [-0.4, -0.2) is 63.6 Å². The van der Waals surface area contributed by atoms with Gasteiger partial charge in [0.05, 0.1) is 25.3 Å². The minimum atomic E-state index is -4.41. The monoisotopic (exact) mass is 349 g/mol. The van der Waals surface area contributed by atoms with Gasteiger partial charge in [-0.1, -0.05) is 0 Å². The lowest BCUT2D eigenvalue weighted by molar-refractivity contribution is -0.158. The van der Waals surface area contributed by atoms with Gasteiger partial charge in [0, 0.05) is 17.8 Å². The Labute approximate surface area is 136 Å². The maximum absolute atomic E-state index is 12.5. The van der Waals surface area contributed by atoms with Crippen LogP contribution in [0.25, 0.3) is 0 Å². The van der Waals surface area contributed by atoms with Crippen LogP contribution in [0.15, 0.2) is 0 Å². The third-order valence-corrected chi connectivity index (χ3v) is 3.92. The molecule has 0 aromatic carbocycles. The third-order valence-electron chi connectivity index (χ3n) is 3.92. The van der Waals surface area contributed by atoms with E-state index in [1.54, 1.807) is 0 Å². The summed E-state index contributed by atoms with van der Waals surface area (Å²) in [6.07, 6.45) is -4.61. The number of morpholine rings is 1. The number of amides is 1. The topological polar surface area (TPSA) is 84.7 Å². The number of carboxylic acids is 1. The normalized spacial score (nSPS) is 18.7. The SMILES string of the molecule is Cc1nn(CC(F)(F)F)c(C)c1CC(=O)N1CCOCC1C(=O)O. The molecule has 1 amide bonds. The first-order valence-corrected chi connectivity index (χ1v) is 7.30. The van der Waals surface area contributed by atoms with Crippen molar-refractivity contribution in [2.75, 3.05) is 19.8 Å². The number of rotatable bonds is 4. The second-order valence-electron chi connectivity index (χ2n) is 5.62. The van der Waals surface area contributed by atoms with Crippen LogP contribution in [0.4, 0.5) is 13.2 Å². The van der Waals surface area contributed by atoms with Crippen molar-refractivity contribution in [3.05, 3.63) is 17.0 Å². The van der Waals surface area contributed by atoms with Crippen LogP contribution in [0.1, 0.15) is 17.0 Å². The van der Waals surface area contributed by atoms with Crippen LogP contribution in [0.3, 0.4) is 0 Å². The third kappa shape index (κ3) is 4.05. The van der Waals surface area contributed by atoms with Crippen molar-refractivity contribution < 1.29 is 32.6 Å². The quantitative estimate of drug-likeness (QED) is 0.874. The van der Waals surface area contributed by atoms with Gasteiger partial charge in [0.2, 0.25) is 5.91 Å². The molecule has 1 aromatic rings. The molecule has 0 saturated carbocycles. The minimum absolute atomic E-state index is 0.105. The van der Waals surface area contributed by atoms with Gasteiger partial charge in [0.15, 0.2) is 6.04 Å². The molecule has 2 heterocycles. The highest BCUT2D eigenvalue weighted by Gasteiger charge is 2.34. The molecule has 134 valence electrons. The van der Waals surface area contributed by atoms with E-state index >= 15 is 0 Å². The highest BCUT2D eigenvalue weighted by Crippen LogP contribution is 2.22. The Balaban J connectivity index is 2.18. The highest BCUT2D eigenvalue weighted by atomic mass is 19.4. The lowest BCUT2D eigenvalue weighted by Gasteiger charge is -2.33. The van der Waals surface area contributed by atoms with Crippen molar-refractivity contribution in [2.45, 2.75) is 39.0 Å². The second-order valence-corrected chi connectivity index (χ2v) is 5.62. The summed E-state index contributed by atoms with van der Waals surface area (Å²) < 4.78 is 43.5. The maximum atomic E-state index is 12.5. The van der Waals surface area contributed by atoms with E-state index in [0.717, 1.165) is 4.68 Å². The van der Waals surface area contributed by atoms with E-state index in [1.165, 1.54) is 18.7 Å². The number of hydrogen-bond acceptors (Lipinski definition) is 4. The molecule has 24 heavy (non-hydrogen) atoms. The standard InChI is InChI=1S/C14H18F3N3O4/c1-8-10(9(2)20(18-8)7-14(15,16)17)5-12(21)19-3-4-24-6-11(19)13(22)23/h11H,3-7H2,1-2H3,(H,22,23). The summed E-state index contributed by atoms with van der Waals surface area (Å²) in [5, 5.41) is 13.0. The predicted molar refractivity (Wildman–Crippen MR) is 75.4 cm³/mol. The van der Waals surface area contributed by atoms with Crippen LogP contribution in [0.5, 0.6) is 0 Å². The highest BCUT2D eigenvalue weighted by molar-refractivity contribution is 5.85. The lowest BCUT2D eigenvalue weighted by Crippen LogP contribution is -2.53. The molecular weight excluding hydrogens is 331 g/mol. The number of aliphatic carboxylic acids is 1. The van der Waals surface area contributed by atoms with Gasteiger partial charge in [0.25, 0.3) is 0 Å². The van der Waals surface area contributed by atoms with Gasteiger partial charge >= 0.3 is 12.1 Å². The minimum Gasteiger partial charge on any atom is -0.480 e. The molecule has 1 aromatic heterocycles. The number of carbonyl (C=O) groups is 2. The first-order valence-electron chi connectivity index (χ1n) is 7.30. The maximum Gasteiger partial charge on any atom is 0.408 e. The fourth-order valence-electron chi connectivity index (χ4n) is 2.67. The molecule has 0 bridgehead atoms. The zero-order chi connectivity index (χ0) is 18.1. The van der Waals surface area contributed by atoms with Gasteiger partial charge < -0.3 is 14.7 Å². The molecule has 0 aliphatic carbocycles. The van der Waals surface area contributed by atoms with E-state index in [-0.39, 0.29) is 31.9 Å². The number of carboxylic acid groups (broad SMARTS) is 1. The van der Waals surface area contributed by atoms with E-state index < -0.39 is 30.6 Å². The van der Waals surface area contributed by atoms with Gasteiger partial charge in [0.1, 0.15) is 6.54 Å². The fraction of sp³-hybridized carbons (Fsp3) is 0.643. The zero-order valence-electron chi connectivity index (χ0n) is 13.3. The Bertz CT molecular complexity index is 642. The number of carbonyl (C=O) groups excluding carboxylic acids is 1. The number of nitrogens with zero attached hydrogens (tertiary/aromatic N) is 3. The van der Waals surface area contributed by atoms with E-state index in [4.69, 9.17) is 9.84 Å². The Morgan fingerprint density at radius 3 is 2.62 bits per heavy atom. The molecule has 1 aliphatic rings. The molecule has 1 fully saturated rings. The Hall–Kier alpha value is -2.10. The summed E-state index contributed by atoms with van der Waals surface area (Å²) in [5.41, 5.74) is 0.962. The molecule has 10 heteroatoms. The van der Waals surface area contributed by atoms with E-state index in [2.05, 4.69) is 5.10 Å². The second kappa shape index (κ2) is 6.80. The van der Waals surface area contributed by atoms with Crippen molar-refractivity contribution in [3.8, 4) is 0 Å². The molecule has 0 spiro atoms. The molecule has 7 nitrogen and oxygen atoms in total. The van der Waals surface area contributed by atoms with Gasteiger partial charge in [-0.25, -0.2) is 4.79 Å². The summed E-state index contributed by atoms with van der Waals surface area (Å²) >= 11 is 0. The van der Waals surface area contributed by atoms with Crippen molar-refractivity contribution in [2.24, 2.45) is 0 Å². The fourth-order valence-corrected chi connectivity index (χ4v) is 2.67. The largest absolute Gasteiger partial charge is 0.480 e. The Morgan fingerprint density at radius 1 is 1.38 bits per heavy atom. The van der Waals surface area contributed by atoms with E-state index in [9.17, 15) is 22.8 Å². The summed E-state index contributed by atoms with van der Waals surface area (Å²) in [6.45, 7) is 2.00. The molecular formula is C14H18F3N3O4. The van der Waals surface area contributed by atoms with Gasteiger partial charge in [-0.15, -0.1) is 0 Å². The van der Waals surface area contributed by atoms with Crippen molar-refractivity contribution in [1.29, 1.82) is 0 Å². The molecule has 1 N–H and O–H groups in total. The summed E-state index contributed by atoms with van der Waals surface area (Å²) in [5.74, 6) is -1.65. The van der Waals surface area contributed by atoms with Crippen molar-refractivity contribution >= 4 is 11.9 Å². The van der Waals surface area contributed by atoms with Crippen molar-refractivity contribution in [3.63, 3.8) is 0 Å². The number of aromatic nitrogens is 2. The zero-order valence-corrected chi connectivity index (χ0v) is 13.3. The molecule has 1 saturated heterocycles. The number of ether oxygens (including phenoxy) is 1. The van der Waals surface area contributed by atoms with Crippen LogP contribution in [0.2, 0.25) is 0 Å². The molecule has 2 rings (SSSR count). The predicted octanol–water partition coefficient (Wildman–Crippen LogP) is 0.917. The van der Waals surface area contributed by atoms with Gasteiger partial charge in [-0.2, -0.15) is 18.3 Å². The van der Waals surface area contributed by atoms with Gasteiger partial charge in [-0.3, -0.25) is 9.48 Å². The van der Waals surface area contributed by atoms with E-state index in [1.807, 2.05) is 0 Å². The number of hydrogen-bond donors (Lipinski definition) is 1. The molecule has 1 atom stereocenters. The number of alkyl halides is 3. The molecule has 1 aliphatic heterocycles. The molecule has 1 unspecified atom stereocenters. The summed E-state index contributed by atoms with van der Waals surface area (Å²) in [7, 11) is 0. The summed E-state index contributed by atoms with van der Waals surface area (Å²) in [4.78, 5) is 24.8. The van der Waals surface area contributed by atoms with E-state index in [0.29, 0.717) is 11.3 Å². The number of aryl methyl sites for hydroxylation is 1. The number of halogens is 3. The van der Waals surface area contributed by atoms with Crippen LogP contribution < -0.4 is 0 Å². The van der Waals surface area contributed by atoms with Crippen LogP contribution in [0, 0.1) is 13.8 Å². The van der Waals surface area contributed by atoms with Crippen molar-refractivity contribution in [1.82, 2.24) is 14.7 Å². The smallest absolute Gasteiger partial charge is 0.408 e. The van der Waals surface area contributed by atoms with Gasteiger partial charge in [-0.05, 0) is 13.8 Å². The first kappa shape index (κ1) is 18.2. The Morgan fingerprint density at radius 2 is 2.04 bits per heavy atom. The Kier molecular flexibility index (Phi) is 5.16. The molecule has 0 radical (unpaired) electrons. The average molecular weight is 349 g/mol.